The first kappa shape index (κ1) is 14.3. The van der Waals surface area contributed by atoms with Crippen LogP contribution in [0.1, 0.15) is 32.5 Å². The molecule has 2 rings (SSSR count). The van der Waals surface area contributed by atoms with Gasteiger partial charge in [-0.15, -0.1) is 0 Å². The third-order valence-electron chi connectivity index (χ3n) is 2.98. The average molecular weight is 271 g/mol. The van der Waals surface area contributed by atoms with Gasteiger partial charge in [-0.2, -0.15) is 0 Å². The number of nitrogens with zero attached hydrogens (tertiary/aromatic N) is 2. The summed E-state index contributed by atoms with van der Waals surface area (Å²) in [5, 5.41) is 3.09. The quantitative estimate of drug-likeness (QED) is 0.900. The van der Waals surface area contributed by atoms with Crippen molar-refractivity contribution in [2.24, 2.45) is 0 Å². The Labute approximate surface area is 120 Å². The van der Waals surface area contributed by atoms with E-state index in [4.69, 9.17) is 4.74 Å². The van der Waals surface area contributed by atoms with Crippen LogP contribution in [0, 0.1) is 0 Å². The maximum absolute atomic E-state index is 5.68. The van der Waals surface area contributed by atoms with Crippen LogP contribution in [0.2, 0.25) is 0 Å². The maximum Gasteiger partial charge on any atom is 0.133 e. The number of benzene rings is 1. The molecular weight excluding hydrogens is 250 g/mol. The number of rotatable bonds is 5. The molecule has 1 aromatic heterocycles. The molecular formula is C16H21N3O. The summed E-state index contributed by atoms with van der Waals surface area (Å²) in [6.07, 6.45) is 0. The van der Waals surface area contributed by atoms with E-state index in [1.54, 1.807) is 0 Å². The van der Waals surface area contributed by atoms with Gasteiger partial charge in [0.1, 0.15) is 17.4 Å². The molecule has 0 aliphatic carbocycles. The molecule has 0 unspecified atom stereocenters. The second kappa shape index (κ2) is 6.37. The minimum atomic E-state index is 0.279. The van der Waals surface area contributed by atoms with Crippen LogP contribution in [-0.2, 0) is 0 Å². The largest absolute Gasteiger partial charge is 0.493 e. The first-order valence-electron chi connectivity index (χ1n) is 6.94. The van der Waals surface area contributed by atoms with Crippen molar-refractivity contribution in [1.82, 2.24) is 9.97 Å². The fraction of sp³-hybridized carbons (Fsp3) is 0.375. The molecule has 0 fully saturated rings. The van der Waals surface area contributed by atoms with Gasteiger partial charge in [-0.3, -0.25) is 0 Å². The predicted octanol–water partition coefficient (Wildman–Crippen LogP) is 3.71. The Kier molecular flexibility index (Phi) is 4.56. The Balaban J connectivity index is 2.54. The normalized spacial score (nSPS) is 10.7. The van der Waals surface area contributed by atoms with Crippen LogP contribution in [0.5, 0.6) is 5.75 Å². The standard InChI is InChI=1S/C16H21N3O/c1-5-20-14-9-7-6-8-12(14)13-10-15(17-4)19-16(18-13)11(2)3/h6-11H,5H2,1-4H3,(H,17,18,19). The molecule has 0 aliphatic heterocycles. The van der Waals surface area contributed by atoms with Gasteiger partial charge in [0.05, 0.1) is 12.3 Å². The highest BCUT2D eigenvalue weighted by Gasteiger charge is 2.12. The summed E-state index contributed by atoms with van der Waals surface area (Å²) in [5.74, 6) is 2.79. The maximum atomic E-state index is 5.68. The van der Waals surface area contributed by atoms with E-state index in [0.29, 0.717) is 6.61 Å². The van der Waals surface area contributed by atoms with E-state index in [0.717, 1.165) is 28.6 Å². The lowest BCUT2D eigenvalue weighted by Gasteiger charge is -2.13. The van der Waals surface area contributed by atoms with E-state index in [2.05, 4.69) is 29.1 Å². The molecule has 106 valence electrons. The van der Waals surface area contributed by atoms with Crippen molar-refractivity contribution in [2.45, 2.75) is 26.7 Å². The van der Waals surface area contributed by atoms with E-state index in [-0.39, 0.29) is 5.92 Å². The minimum absolute atomic E-state index is 0.279. The van der Waals surface area contributed by atoms with Crippen molar-refractivity contribution < 1.29 is 4.74 Å². The van der Waals surface area contributed by atoms with Gasteiger partial charge in [-0.25, -0.2) is 9.97 Å². The topological polar surface area (TPSA) is 47.0 Å². The van der Waals surface area contributed by atoms with Gasteiger partial charge in [-0.1, -0.05) is 26.0 Å². The van der Waals surface area contributed by atoms with Crippen molar-refractivity contribution in [2.75, 3.05) is 19.0 Å². The highest BCUT2D eigenvalue weighted by molar-refractivity contribution is 5.69. The lowest BCUT2D eigenvalue weighted by molar-refractivity contribution is 0.341. The van der Waals surface area contributed by atoms with Gasteiger partial charge in [0.15, 0.2) is 0 Å². The van der Waals surface area contributed by atoms with Crippen molar-refractivity contribution in [3.8, 4) is 17.0 Å². The molecule has 0 aliphatic rings. The molecule has 2 aromatic rings. The lowest BCUT2D eigenvalue weighted by atomic mass is 10.1. The van der Waals surface area contributed by atoms with Crippen LogP contribution >= 0.6 is 0 Å². The SMILES string of the molecule is CCOc1ccccc1-c1cc(NC)nc(C(C)C)n1. The van der Waals surface area contributed by atoms with E-state index in [1.807, 2.05) is 44.3 Å². The lowest BCUT2D eigenvalue weighted by Crippen LogP contribution is -2.04. The number of aromatic nitrogens is 2. The average Bonchev–Trinajstić information content (AvgIpc) is 2.47. The van der Waals surface area contributed by atoms with Crippen molar-refractivity contribution in [3.05, 3.63) is 36.2 Å². The fourth-order valence-electron chi connectivity index (χ4n) is 1.95. The summed E-state index contributed by atoms with van der Waals surface area (Å²) in [6, 6.07) is 9.90. The van der Waals surface area contributed by atoms with Gasteiger partial charge >= 0.3 is 0 Å². The van der Waals surface area contributed by atoms with Crippen LogP contribution in [0.25, 0.3) is 11.3 Å². The molecule has 1 aromatic carbocycles. The smallest absolute Gasteiger partial charge is 0.133 e. The molecule has 0 atom stereocenters. The molecule has 0 amide bonds. The van der Waals surface area contributed by atoms with E-state index in [1.165, 1.54) is 0 Å². The number of para-hydroxylation sites is 1. The number of hydrogen-bond acceptors (Lipinski definition) is 4. The molecule has 4 heteroatoms. The van der Waals surface area contributed by atoms with Crippen LogP contribution < -0.4 is 10.1 Å². The van der Waals surface area contributed by atoms with E-state index >= 15 is 0 Å². The molecule has 0 spiro atoms. The van der Waals surface area contributed by atoms with E-state index in [9.17, 15) is 0 Å². The first-order chi connectivity index (χ1) is 9.65. The summed E-state index contributed by atoms with van der Waals surface area (Å²) >= 11 is 0. The van der Waals surface area contributed by atoms with Gasteiger partial charge in [-0.05, 0) is 19.1 Å². The molecule has 0 saturated carbocycles. The number of anilines is 1. The monoisotopic (exact) mass is 271 g/mol. The Bertz CT molecular complexity index is 582. The predicted molar refractivity (Wildman–Crippen MR) is 82.3 cm³/mol. The second-order valence-corrected chi connectivity index (χ2v) is 4.83. The Hall–Kier alpha value is -2.10. The fourth-order valence-corrected chi connectivity index (χ4v) is 1.95. The van der Waals surface area contributed by atoms with E-state index < -0.39 is 0 Å². The van der Waals surface area contributed by atoms with Gasteiger partial charge < -0.3 is 10.1 Å². The number of nitrogens with one attached hydrogen (secondary N) is 1. The molecule has 4 nitrogen and oxygen atoms in total. The van der Waals surface area contributed by atoms with Gasteiger partial charge in [0, 0.05) is 24.6 Å². The molecule has 1 heterocycles. The third-order valence-corrected chi connectivity index (χ3v) is 2.98. The number of ether oxygens (including phenoxy) is 1. The van der Waals surface area contributed by atoms with Crippen LogP contribution in [0.3, 0.4) is 0 Å². The molecule has 20 heavy (non-hydrogen) atoms. The summed E-state index contributed by atoms with van der Waals surface area (Å²) in [7, 11) is 1.87. The van der Waals surface area contributed by atoms with Crippen LogP contribution in [0.15, 0.2) is 30.3 Å². The van der Waals surface area contributed by atoms with Crippen molar-refractivity contribution in [3.63, 3.8) is 0 Å². The zero-order valence-corrected chi connectivity index (χ0v) is 12.5. The zero-order valence-electron chi connectivity index (χ0n) is 12.5. The third kappa shape index (κ3) is 3.07. The molecule has 1 N–H and O–H groups in total. The number of hydrogen-bond donors (Lipinski definition) is 1. The summed E-state index contributed by atoms with van der Waals surface area (Å²) in [4.78, 5) is 9.15. The van der Waals surface area contributed by atoms with Gasteiger partial charge in [0.25, 0.3) is 0 Å². The highest BCUT2D eigenvalue weighted by atomic mass is 16.5. The minimum Gasteiger partial charge on any atom is -0.493 e. The van der Waals surface area contributed by atoms with Gasteiger partial charge in [0.2, 0.25) is 0 Å². The van der Waals surface area contributed by atoms with Crippen molar-refractivity contribution >= 4 is 5.82 Å². The Morgan fingerprint density at radius 2 is 1.95 bits per heavy atom. The summed E-state index contributed by atoms with van der Waals surface area (Å²) < 4.78 is 5.68. The van der Waals surface area contributed by atoms with Crippen molar-refractivity contribution in [1.29, 1.82) is 0 Å². The van der Waals surface area contributed by atoms with Crippen LogP contribution in [0.4, 0.5) is 5.82 Å². The Morgan fingerprint density at radius 3 is 2.60 bits per heavy atom. The molecule has 0 radical (unpaired) electrons. The summed E-state index contributed by atoms with van der Waals surface area (Å²) in [6.45, 7) is 6.80. The second-order valence-electron chi connectivity index (χ2n) is 4.83. The first-order valence-corrected chi connectivity index (χ1v) is 6.94. The molecule has 0 bridgehead atoms. The zero-order chi connectivity index (χ0) is 14.5. The molecule has 0 saturated heterocycles. The van der Waals surface area contributed by atoms with Crippen LogP contribution in [-0.4, -0.2) is 23.6 Å². The highest BCUT2D eigenvalue weighted by Crippen LogP contribution is 2.30. The Morgan fingerprint density at radius 1 is 1.20 bits per heavy atom. The summed E-state index contributed by atoms with van der Waals surface area (Å²) in [5.41, 5.74) is 1.88.